The molecule has 0 radical (unpaired) electrons. The SMILES string of the molecule is CCn1nc(C)cc1C(=O)Nc1nc2cc(C(N)=O)cc(OCCO)c2n1CC=CCn1c2nc(-c3cc(C)nn3CC)ncc2c2cc(C(N)=O)cc(OCCCOC)c21. The average molecular weight is 833 g/mol. The number of imidazole rings is 1. The maximum absolute atomic E-state index is 13.7. The zero-order valence-electron chi connectivity index (χ0n) is 34.6. The molecule has 61 heavy (non-hydrogen) atoms. The largest absolute Gasteiger partial charge is 0.491 e. The van der Waals surface area contributed by atoms with Crippen LogP contribution in [0.3, 0.4) is 0 Å². The quantitative estimate of drug-likeness (QED) is 0.0663. The molecule has 0 aliphatic heterocycles. The monoisotopic (exact) mass is 832 g/mol. The minimum Gasteiger partial charge on any atom is -0.491 e. The Labute approximate surface area is 349 Å². The van der Waals surface area contributed by atoms with Gasteiger partial charge in [-0.3, -0.25) is 29.1 Å². The second-order valence-electron chi connectivity index (χ2n) is 14.2. The summed E-state index contributed by atoms with van der Waals surface area (Å²) in [7, 11) is 1.62. The molecule has 0 aliphatic rings. The summed E-state index contributed by atoms with van der Waals surface area (Å²) in [6.45, 7) is 9.55. The number of amides is 3. The summed E-state index contributed by atoms with van der Waals surface area (Å²) >= 11 is 0. The van der Waals surface area contributed by atoms with Crippen LogP contribution in [-0.4, -0.2) is 100 Å². The Morgan fingerprint density at radius 2 is 1.44 bits per heavy atom. The van der Waals surface area contributed by atoms with Gasteiger partial charge in [-0.25, -0.2) is 15.0 Å². The van der Waals surface area contributed by atoms with Gasteiger partial charge >= 0.3 is 0 Å². The van der Waals surface area contributed by atoms with E-state index >= 15 is 0 Å². The van der Waals surface area contributed by atoms with E-state index in [4.69, 9.17) is 40.6 Å². The molecule has 0 unspecified atom stereocenters. The number of aromatic nitrogens is 9. The minimum atomic E-state index is -0.699. The number of benzene rings is 2. The maximum atomic E-state index is 13.7. The van der Waals surface area contributed by atoms with Crippen LogP contribution in [0.5, 0.6) is 11.5 Å². The highest BCUT2D eigenvalue weighted by atomic mass is 16.5. The molecular weight excluding hydrogens is 785 g/mol. The van der Waals surface area contributed by atoms with Gasteiger partial charge in [0.15, 0.2) is 5.82 Å². The normalized spacial score (nSPS) is 11.7. The van der Waals surface area contributed by atoms with Crippen molar-refractivity contribution in [3.8, 4) is 23.0 Å². The van der Waals surface area contributed by atoms with Crippen molar-refractivity contribution in [2.75, 3.05) is 38.9 Å². The van der Waals surface area contributed by atoms with Gasteiger partial charge in [-0.15, -0.1) is 0 Å². The number of aliphatic hydroxyl groups is 1. The van der Waals surface area contributed by atoms with Crippen LogP contribution in [0.2, 0.25) is 0 Å². The zero-order valence-corrected chi connectivity index (χ0v) is 34.6. The first kappa shape index (κ1) is 42.0. The number of aryl methyl sites for hydroxylation is 4. The van der Waals surface area contributed by atoms with Gasteiger partial charge in [-0.05, 0) is 64.1 Å². The van der Waals surface area contributed by atoms with Crippen LogP contribution in [0, 0.1) is 13.8 Å². The fourth-order valence-electron chi connectivity index (χ4n) is 7.28. The highest BCUT2D eigenvalue weighted by Gasteiger charge is 2.23. The number of methoxy groups -OCH3 is 1. The minimum absolute atomic E-state index is 0.0709. The van der Waals surface area contributed by atoms with Crippen molar-refractivity contribution in [1.29, 1.82) is 0 Å². The highest BCUT2D eigenvalue weighted by molar-refractivity contribution is 6.12. The third-order valence-electron chi connectivity index (χ3n) is 9.97. The van der Waals surface area contributed by atoms with Gasteiger partial charge in [0, 0.05) is 74.4 Å². The molecule has 5 aromatic heterocycles. The third-order valence-corrected chi connectivity index (χ3v) is 9.97. The molecule has 6 N–H and O–H groups in total. The molecule has 7 rings (SSSR count). The number of rotatable bonds is 19. The van der Waals surface area contributed by atoms with E-state index < -0.39 is 17.7 Å². The molecule has 318 valence electrons. The van der Waals surface area contributed by atoms with Gasteiger partial charge in [-0.1, -0.05) is 12.2 Å². The molecular formula is C42H48N12O7. The van der Waals surface area contributed by atoms with Gasteiger partial charge in [0.05, 0.1) is 35.6 Å². The van der Waals surface area contributed by atoms with Crippen molar-refractivity contribution in [3.63, 3.8) is 0 Å². The molecule has 3 amide bonds. The summed E-state index contributed by atoms with van der Waals surface area (Å²) in [6.07, 6.45) is 6.15. The van der Waals surface area contributed by atoms with Gasteiger partial charge in [-0.2, -0.15) is 10.2 Å². The lowest BCUT2D eigenvalue weighted by Crippen LogP contribution is -2.20. The van der Waals surface area contributed by atoms with E-state index in [2.05, 4.69) is 15.5 Å². The number of anilines is 1. The Hall–Kier alpha value is -7.12. The van der Waals surface area contributed by atoms with Crippen molar-refractivity contribution in [1.82, 2.24) is 43.6 Å². The maximum Gasteiger partial charge on any atom is 0.276 e. The Morgan fingerprint density at radius 3 is 2.13 bits per heavy atom. The topological polar surface area (TPSA) is 247 Å². The standard InChI is InChI=1S/C42H48N12O7/c1-6-53-31(17-24(3)49-53)39-45-23-29-28-19-26(37(43)56)21-33(60-15-10-14-59-5)35(28)51(40(29)47-39)11-8-9-12-52-36-30(20-27(38(44)57)22-34(36)61-16-13-55)46-42(52)48-41(58)32-18-25(4)50-54(32)7-2/h8-9,17-23,55H,6-7,10-16H2,1-5H3,(H2,43,56)(H2,44,57)(H,46,48,58). The molecule has 19 heteroatoms. The summed E-state index contributed by atoms with van der Waals surface area (Å²) in [5.74, 6) is -0.432. The summed E-state index contributed by atoms with van der Waals surface area (Å²) in [5.41, 5.74) is 16.5. The second-order valence-corrected chi connectivity index (χ2v) is 14.2. The van der Waals surface area contributed by atoms with Crippen LogP contribution in [0.1, 0.15) is 62.9 Å². The predicted octanol–water partition coefficient (Wildman–Crippen LogP) is 4.14. The molecule has 0 bridgehead atoms. The summed E-state index contributed by atoms with van der Waals surface area (Å²) in [5, 5.41) is 22.9. The van der Waals surface area contributed by atoms with Crippen molar-refractivity contribution in [3.05, 3.63) is 83.0 Å². The predicted molar refractivity (Wildman–Crippen MR) is 228 cm³/mol. The summed E-state index contributed by atoms with van der Waals surface area (Å²) in [6, 6.07) is 9.98. The van der Waals surface area contributed by atoms with E-state index in [9.17, 15) is 19.5 Å². The second kappa shape index (κ2) is 18.0. The Morgan fingerprint density at radius 1 is 0.787 bits per heavy atom. The zero-order chi connectivity index (χ0) is 43.4. The van der Waals surface area contributed by atoms with E-state index in [0.717, 1.165) is 11.4 Å². The molecule has 7 aromatic rings. The first-order valence-electron chi connectivity index (χ1n) is 19.8. The third kappa shape index (κ3) is 8.50. The van der Waals surface area contributed by atoms with Gasteiger partial charge in [0.1, 0.15) is 40.7 Å². The molecule has 19 nitrogen and oxygen atoms in total. The van der Waals surface area contributed by atoms with Crippen LogP contribution in [0.4, 0.5) is 5.95 Å². The number of allylic oxidation sites excluding steroid dienone is 2. The molecule has 0 atom stereocenters. The van der Waals surface area contributed by atoms with Gasteiger partial charge < -0.3 is 39.9 Å². The number of hydrogen-bond acceptors (Lipinski definition) is 12. The van der Waals surface area contributed by atoms with Gasteiger partial charge in [0.2, 0.25) is 17.8 Å². The molecule has 0 aliphatic carbocycles. The van der Waals surface area contributed by atoms with E-state index in [1.807, 2.05) is 48.2 Å². The van der Waals surface area contributed by atoms with Crippen LogP contribution >= 0.6 is 0 Å². The lowest BCUT2D eigenvalue weighted by Gasteiger charge is -2.13. The number of nitrogens with one attached hydrogen (secondary N) is 1. The van der Waals surface area contributed by atoms with Crippen molar-refractivity contribution in [2.24, 2.45) is 11.5 Å². The molecule has 0 fully saturated rings. The molecule has 0 saturated heterocycles. The lowest BCUT2D eigenvalue weighted by atomic mass is 10.1. The Balaban J connectivity index is 1.35. The van der Waals surface area contributed by atoms with Crippen LogP contribution < -0.4 is 26.3 Å². The number of ether oxygens (including phenoxy) is 3. The summed E-state index contributed by atoms with van der Waals surface area (Å²) in [4.78, 5) is 53.2. The van der Waals surface area contributed by atoms with E-state index in [-0.39, 0.29) is 49.1 Å². The molecule has 2 aromatic carbocycles. The van der Waals surface area contributed by atoms with Crippen LogP contribution in [0.15, 0.2) is 54.7 Å². The van der Waals surface area contributed by atoms with Crippen molar-refractivity contribution in [2.45, 2.75) is 60.3 Å². The van der Waals surface area contributed by atoms with Crippen molar-refractivity contribution >= 4 is 56.6 Å². The summed E-state index contributed by atoms with van der Waals surface area (Å²) < 4.78 is 24.6. The average Bonchev–Trinajstić information content (AvgIpc) is 4.00. The molecule has 5 heterocycles. The Kier molecular flexibility index (Phi) is 12.4. The van der Waals surface area contributed by atoms with Gasteiger partial charge in [0.25, 0.3) is 5.91 Å². The lowest BCUT2D eigenvalue weighted by molar-refractivity contribution is 0.0991. The number of nitrogens with zero attached hydrogens (tertiary/aromatic N) is 9. The molecule has 0 spiro atoms. The number of hydrogen-bond donors (Lipinski definition) is 4. The molecule has 0 saturated carbocycles. The number of carbonyl (C=O) groups is 3. The fraction of sp³-hybridized carbons (Fsp3) is 0.333. The Bertz CT molecular complexity index is 2810. The smallest absolute Gasteiger partial charge is 0.276 e. The van der Waals surface area contributed by atoms with E-state index in [1.54, 1.807) is 47.7 Å². The van der Waals surface area contributed by atoms with E-state index in [0.29, 0.717) is 88.7 Å². The van der Waals surface area contributed by atoms with Crippen molar-refractivity contribution < 1.29 is 33.7 Å². The number of primary amides is 2. The van der Waals surface area contributed by atoms with Crippen LogP contribution in [0.25, 0.3) is 44.5 Å². The first-order chi connectivity index (χ1) is 29.5. The number of nitrogens with two attached hydrogens (primary N) is 2. The first-order valence-corrected chi connectivity index (χ1v) is 19.8. The number of fused-ring (bicyclic) bond motifs is 4. The number of aliphatic hydroxyl groups excluding tert-OH is 1. The van der Waals surface area contributed by atoms with Crippen LogP contribution in [-0.2, 0) is 30.9 Å². The van der Waals surface area contributed by atoms with E-state index in [1.165, 1.54) is 12.1 Å². The number of carbonyl (C=O) groups excluding carboxylic acids is 3. The fourth-order valence-corrected chi connectivity index (χ4v) is 7.28. The highest BCUT2D eigenvalue weighted by Crippen LogP contribution is 2.37.